The number of hydrogen-bond donors (Lipinski definition) is 2. The van der Waals surface area contributed by atoms with Crippen LogP contribution in [0.1, 0.15) is 19.4 Å². The lowest BCUT2D eigenvalue weighted by atomic mass is 10.0. The number of guanidine groups is 1. The molecule has 1 heterocycles. The molecule has 0 amide bonds. The quantitative estimate of drug-likeness (QED) is 0.366. The van der Waals surface area contributed by atoms with Gasteiger partial charge in [-0.3, -0.25) is 9.89 Å². The van der Waals surface area contributed by atoms with Crippen LogP contribution < -0.4 is 10.6 Å². The van der Waals surface area contributed by atoms with Gasteiger partial charge in [-0.15, -0.1) is 24.0 Å². The molecule has 0 aromatic heterocycles. The van der Waals surface area contributed by atoms with E-state index in [9.17, 15) is 0 Å². The van der Waals surface area contributed by atoms with E-state index in [-0.39, 0.29) is 24.0 Å². The maximum atomic E-state index is 5.50. The molecule has 1 atom stereocenters. The van der Waals surface area contributed by atoms with Gasteiger partial charge in [-0.1, -0.05) is 50.2 Å². The predicted molar refractivity (Wildman–Crippen MR) is 129 cm³/mol. The molecule has 0 aliphatic carbocycles. The second-order valence-electron chi connectivity index (χ2n) is 7.45. The van der Waals surface area contributed by atoms with Crippen molar-refractivity contribution in [2.75, 3.05) is 39.9 Å². The number of aliphatic imine (C=N–C) groups is 1. The Morgan fingerprint density at radius 3 is 2.46 bits per heavy atom. The molecule has 2 aromatic carbocycles. The van der Waals surface area contributed by atoms with Gasteiger partial charge in [0, 0.05) is 39.3 Å². The van der Waals surface area contributed by atoms with E-state index in [0.717, 1.165) is 45.4 Å². The van der Waals surface area contributed by atoms with Crippen molar-refractivity contribution in [1.82, 2.24) is 15.5 Å². The second kappa shape index (κ2) is 11.6. The van der Waals surface area contributed by atoms with E-state index in [1.807, 2.05) is 7.05 Å². The fourth-order valence-corrected chi connectivity index (χ4v) is 3.65. The van der Waals surface area contributed by atoms with E-state index in [1.165, 1.54) is 16.3 Å². The van der Waals surface area contributed by atoms with Crippen molar-refractivity contribution in [3.8, 4) is 0 Å². The number of nitrogens with zero attached hydrogens (tertiary/aromatic N) is 2. The summed E-state index contributed by atoms with van der Waals surface area (Å²) in [6.45, 7) is 9.89. The maximum absolute atomic E-state index is 5.50. The van der Waals surface area contributed by atoms with Crippen molar-refractivity contribution >= 4 is 40.7 Å². The number of fused-ring (bicyclic) bond motifs is 1. The molecule has 2 N–H and O–H groups in total. The minimum absolute atomic E-state index is 0. The Morgan fingerprint density at radius 1 is 1.07 bits per heavy atom. The Morgan fingerprint density at radius 2 is 1.79 bits per heavy atom. The molecule has 1 aliphatic rings. The lowest BCUT2D eigenvalue weighted by Gasteiger charge is -2.37. The van der Waals surface area contributed by atoms with E-state index < -0.39 is 0 Å². The number of halogens is 1. The number of hydrogen-bond acceptors (Lipinski definition) is 3. The smallest absolute Gasteiger partial charge is 0.191 e. The highest BCUT2D eigenvalue weighted by molar-refractivity contribution is 14.0. The van der Waals surface area contributed by atoms with Crippen molar-refractivity contribution in [2.24, 2.45) is 10.9 Å². The highest BCUT2D eigenvalue weighted by Crippen LogP contribution is 2.15. The van der Waals surface area contributed by atoms with Crippen LogP contribution in [0.15, 0.2) is 47.5 Å². The van der Waals surface area contributed by atoms with Crippen LogP contribution >= 0.6 is 24.0 Å². The van der Waals surface area contributed by atoms with Gasteiger partial charge in [0.25, 0.3) is 0 Å². The van der Waals surface area contributed by atoms with E-state index >= 15 is 0 Å². The molecule has 6 heteroatoms. The monoisotopic (exact) mass is 496 g/mol. The summed E-state index contributed by atoms with van der Waals surface area (Å²) in [6.07, 6.45) is 0. The summed E-state index contributed by atoms with van der Waals surface area (Å²) in [6, 6.07) is 15.5. The van der Waals surface area contributed by atoms with Gasteiger partial charge < -0.3 is 15.4 Å². The van der Waals surface area contributed by atoms with Crippen LogP contribution in [0.2, 0.25) is 0 Å². The SMILES string of the molecule is CN=C(NCc1ccc2ccccc2c1)NCC(C(C)C)N1CCOCC1.I. The molecule has 0 bridgehead atoms. The van der Waals surface area contributed by atoms with Gasteiger partial charge >= 0.3 is 0 Å². The Labute approximate surface area is 185 Å². The first-order valence-electron chi connectivity index (χ1n) is 9.91. The molecule has 0 saturated carbocycles. The topological polar surface area (TPSA) is 48.9 Å². The molecular weight excluding hydrogens is 463 g/mol. The van der Waals surface area contributed by atoms with Crippen LogP contribution in [0.3, 0.4) is 0 Å². The molecule has 1 fully saturated rings. The zero-order valence-electron chi connectivity index (χ0n) is 17.1. The molecular formula is C22H33IN4O. The molecule has 1 unspecified atom stereocenters. The number of nitrogens with one attached hydrogen (secondary N) is 2. The van der Waals surface area contributed by atoms with Crippen LogP contribution in [-0.2, 0) is 11.3 Å². The fourth-order valence-electron chi connectivity index (χ4n) is 3.65. The largest absolute Gasteiger partial charge is 0.379 e. The molecule has 28 heavy (non-hydrogen) atoms. The molecule has 5 nitrogen and oxygen atoms in total. The highest BCUT2D eigenvalue weighted by Gasteiger charge is 2.23. The van der Waals surface area contributed by atoms with Gasteiger partial charge in [-0.05, 0) is 28.3 Å². The normalized spacial score (nSPS) is 16.6. The summed E-state index contributed by atoms with van der Waals surface area (Å²) < 4.78 is 5.50. The average molecular weight is 496 g/mol. The predicted octanol–water partition coefficient (Wildman–Crippen LogP) is 3.48. The van der Waals surface area contributed by atoms with Gasteiger partial charge in [-0.2, -0.15) is 0 Å². The molecule has 1 saturated heterocycles. The van der Waals surface area contributed by atoms with Crippen molar-refractivity contribution in [2.45, 2.75) is 26.4 Å². The number of rotatable bonds is 6. The molecule has 3 rings (SSSR count). The first-order valence-corrected chi connectivity index (χ1v) is 9.91. The molecule has 0 radical (unpaired) electrons. The zero-order valence-corrected chi connectivity index (χ0v) is 19.5. The molecule has 2 aromatic rings. The third kappa shape index (κ3) is 6.32. The van der Waals surface area contributed by atoms with Crippen LogP contribution in [-0.4, -0.2) is 56.8 Å². The first-order chi connectivity index (χ1) is 13.2. The summed E-state index contributed by atoms with van der Waals surface area (Å²) in [5.74, 6) is 1.43. The summed E-state index contributed by atoms with van der Waals surface area (Å²) in [4.78, 5) is 6.92. The Balaban J connectivity index is 0.00000280. The van der Waals surface area contributed by atoms with Crippen LogP contribution in [0.4, 0.5) is 0 Å². The van der Waals surface area contributed by atoms with E-state index in [4.69, 9.17) is 4.74 Å². The first kappa shape index (κ1) is 22.9. The Bertz CT molecular complexity index is 759. The van der Waals surface area contributed by atoms with Gasteiger partial charge in [0.1, 0.15) is 0 Å². The van der Waals surface area contributed by atoms with Crippen molar-refractivity contribution in [1.29, 1.82) is 0 Å². The van der Waals surface area contributed by atoms with Crippen LogP contribution in [0, 0.1) is 5.92 Å². The van der Waals surface area contributed by atoms with E-state index in [2.05, 4.69) is 76.8 Å². The minimum atomic E-state index is 0. The van der Waals surface area contributed by atoms with Gasteiger partial charge in [0.05, 0.1) is 13.2 Å². The van der Waals surface area contributed by atoms with Crippen LogP contribution in [0.25, 0.3) is 10.8 Å². The van der Waals surface area contributed by atoms with Gasteiger partial charge in [-0.25, -0.2) is 0 Å². The van der Waals surface area contributed by atoms with E-state index in [0.29, 0.717) is 12.0 Å². The molecule has 0 spiro atoms. The summed E-state index contributed by atoms with van der Waals surface area (Å²) in [5, 5.41) is 9.50. The summed E-state index contributed by atoms with van der Waals surface area (Å²) in [5.41, 5.74) is 1.25. The molecule has 154 valence electrons. The lowest BCUT2D eigenvalue weighted by molar-refractivity contribution is 0.00752. The Kier molecular flexibility index (Phi) is 9.47. The van der Waals surface area contributed by atoms with Crippen LogP contribution in [0.5, 0.6) is 0 Å². The minimum Gasteiger partial charge on any atom is -0.379 e. The maximum Gasteiger partial charge on any atom is 0.191 e. The highest BCUT2D eigenvalue weighted by atomic mass is 127. The number of benzene rings is 2. The summed E-state index contributed by atoms with van der Waals surface area (Å²) in [7, 11) is 1.83. The fraction of sp³-hybridized carbons (Fsp3) is 0.500. The third-order valence-electron chi connectivity index (χ3n) is 5.26. The standard InChI is InChI=1S/C22H32N4O.HI/c1-17(2)21(26-10-12-27-13-11-26)16-25-22(23-3)24-15-18-8-9-19-6-4-5-7-20(19)14-18;/h4-9,14,17,21H,10-13,15-16H2,1-3H3,(H2,23,24,25);1H. The van der Waals surface area contributed by atoms with Crippen molar-refractivity contribution in [3.63, 3.8) is 0 Å². The Hall–Kier alpha value is -1.38. The lowest BCUT2D eigenvalue weighted by Crippen LogP contribution is -2.52. The molecule has 1 aliphatic heterocycles. The number of ether oxygens (including phenoxy) is 1. The van der Waals surface area contributed by atoms with Crippen molar-refractivity contribution < 1.29 is 4.74 Å². The van der Waals surface area contributed by atoms with Gasteiger partial charge in [0.15, 0.2) is 5.96 Å². The average Bonchev–Trinajstić information content (AvgIpc) is 2.71. The van der Waals surface area contributed by atoms with E-state index in [1.54, 1.807) is 0 Å². The van der Waals surface area contributed by atoms with Crippen molar-refractivity contribution in [3.05, 3.63) is 48.0 Å². The second-order valence-corrected chi connectivity index (χ2v) is 7.45. The number of morpholine rings is 1. The summed E-state index contributed by atoms with van der Waals surface area (Å²) >= 11 is 0. The van der Waals surface area contributed by atoms with Gasteiger partial charge in [0.2, 0.25) is 0 Å². The third-order valence-corrected chi connectivity index (χ3v) is 5.26. The zero-order chi connectivity index (χ0) is 19.1.